The molecule has 51 heavy (non-hydrogen) atoms. The van der Waals surface area contributed by atoms with Crippen molar-refractivity contribution in [3.8, 4) is 11.1 Å². The first kappa shape index (κ1) is 34.3. The van der Waals surface area contributed by atoms with Gasteiger partial charge in [-0.2, -0.15) is 27.8 Å². The summed E-state index contributed by atoms with van der Waals surface area (Å²) in [6, 6.07) is 13.1. The lowest BCUT2D eigenvalue weighted by Crippen LogP contribution is -2.29. The average Bonchev–Trinajstić information content (AvgIpc) is 3.08. The van der Waals surface area contributed by atoms with Gasteiger partial charge in [0.1, 0.15) is 10.5 Å². The fraction of sp³-hybridized carbons (Fsp3) is 0.0857. The third-order valence-electron chi connectivity index (χ3n) is 7.88. The second kappa shape index (κ2) is 13.4. The highest BCUT2D eigenvalue weighted by Crippen LogP contribution is 2.44. The number of fused-ring (bicyclic) bond motifs is 2. The van der Waals surface area contributed by atoms with Crippen molar-refractivity contribution in [2.75, 3.05) is 22.6 Å². The number of esters is 1. The van der Waals surface area contributed by atoms with E-state index in [1.807, 2.05) is 0 Å². The molecule has 4 N–H and O–H groups in total. The Balaban J connectivity index is 1.52. The largest absolute Gasteiger partial charge is 0.462 e. The lowest BCUT2D eigenvalue weighted by molar-refractivity contribution is 0.0524. The summed E-state index contributed by atoms with van der Waals surface area (Å²) in [6.07, 6.45) is 3.33. The molecule has 0 unspecified atom stereocenters. The van der Waals surface area contributed by atoms with Crippen LogP contribution in [0.4, 0.5) is 33.3 Å². The monoisotopic (exact) mass is 709 g/mol. The van der Waals surface area contributed by atoms with Gasteiger partial charge in [0.2, 0.25) is 11.9 Å². The molecule has 14 nitrogen and oxygen atoms in total. The SMILES string of the molecule is C=C/C=C(\C=C)Nc1nc(F)nc(Nc2ccc(S(=O)(=O)O)c(Nc3ccc4c5c3C(=O)c3ccccc3-c5c(C(=O)OCC)c(=O)n4C)c2)n1. The van der Waals surface area contributed by atoms with Crippen LogP contribution in [0.2, 0.25) is 0 Å². The van der Waals surface area contributed by atoms with Crippen LogP contribution in [-0.4, -0.2) is 50.8 Å². The summed E-state index contributed by atoms with van der Waals surface area (Å²) >= 11 is 0. The summed E-state index contributed by atoms with van der Waals surface area (Å²) in [7, 11) is -3.40. The maximum Gasteiger partial charge on any atom is 0.344 e. The topological polar surface area (TPSA) is 194 Å². The van der Waals surface area contributed by atoms with Crippen LogP contribution in [0.15, 0.2) is 101 Å². The lowest BCUT2D eigenvalue weighted by atomic mass is 9.81. The number of hydrogen-bond donors (Lipinski definition) is 4. The predicted molar refractivity (Wildman–Crippen MR) is 189 cm³/mol. The number of benzene rings is 3. The van der Waals surface area contributed by atoms with Gasteiger partial charge in [-0.25, -0.2) is 4.79 Å². The van der Waals surface area contributed by atoms with Gasteiger partial charge in [-0.1, -0.05) is 43.5 Å². The van der Waals surface area contributed by atoms with Crippen molar-refractivity contribution in [1.29, 1.82) is 0 Å². The standard InChI is InChI=1S/C35H28FN7O7S/c1-5-10-18(6-2)37-34-40-33(36)41-35(42-34)38-19-13-16-25(51(47,48)49)23(17-19)39-22-14-15-24-28-26(29(31(45)43(24)4)32(46)50-7-3)20-11-8-9-12-21(20)30(44)27(22)28/h5-6,8-17,39H,1-2,7H2,3-4H3,(H,47,48,49)(H2,37,38,40,41,42)/b18-10+. The zero-order chi connectivity index (χ0) is 36.6. The van der Waals surface area contributed by atoms with Gasteiger partial charge in [-0.05, 0) is 55.0 Å². The van der Waals surface area contributed by atoms with Crippen molar-refractivity contribution in [2.45, 2.75) is 11.8 Å². The van der Waals surface area contributed by atoms with Crippen molar-refractivity contribution in [2.24, 2.45) is 7.05 Å². The Morgan fingerprint density at radius 2 is 1.71 bits per heavy atom. The average molecular weight is 710 g/mol. The Morgan fingerprint density at radius 3 is 2.39 bits per heavy atom. The number of carbonyl (C=O) groups is 2. The van der Waals surface area contributed by atoms with Crippen LogP contribution in [0.25, 0.3) is 22.0 Å². The fourth-order valence-electron chi connectivity index (χ4n) is 5.75. The maximum absolute atomic E-state index is 14.4. The van der Waals surface area contributed by atoms with Gasteiger partial charge in [0, 0.05) is 34.9 Å². The number of halogens is 1. The Bertz CT molecular complexity index is 2530. The molecule has 0 amide bonds. The number of aryl methyl sites for hydroxylation is 1. The van der Waals surface area contributed by atoms with E-state index in [0.29, 0.717) is 16.8 Å². The molecule has 1 aliphatic carbocycles. The second-order valence-electron chi connectivity index (χ2n) is 11.0. The van der Waals surface area contributed by atoms with Crippen LogP contribution in [-0.2, 0) is 21.9 Å². The van der Waals surface area contributed by atoms with E-state index in [0.717, 1.165) is 6.07 Å². The smallest absolute Gasteiger partial charge is 0.344 e. The number of hydrogen-bond acceptors (Lipinski definition) is 12. The Kier molecular flexibility index (Phi) is 9.03. The van der Waals surface area contributed by atoms with Crippen LogP contribution in [0.5, 0.6) is 0 Å². The first-order valence-electron chi connectivity index (χ1n) is 15.2. The molecule has 0 radical (unpaired) electrons. The van der Waals surface area contributed by atoms with Crippen molar-refractivity contribution in [3.05, 3.63) is 125 Å². The summed E-state index contributed by atoms with van der Waals surface area (Å²) in [5.74, 6) is -1.79. The molecule has 16 heteroatoms. The van der Waals surface area contributed by atoms with Crippen LogP contribution in [0.1, 0.15) is 33.2 Å². The van der Waals surface area contributed by atoms with E-state index in [1.165, 1.54) is 48.0 Å². The number of carbonyl (C=O) groups excluding carboxylic acids is 2. The molecule has 0 fully saturated rings. The van der Waals surface area contributed by atoms with Gasteiger partial charge in [0.05, 0.1) is 29.1 Å². The third-order valence-corrected chi connectivity index (χ3v) is 8.79. The van der Waals surface area contributed by atoms with Crippen molar-refractivity contribution >= 4 is 61.7 Å². The van der Waals surface area contributed by atoms with E-state index in [9.17, 15) is 31.7 Å². The summed E-state index contributed by atoms with van der Waals surface area (Å²) in [5.41, 5.74) is 0.622. The summed E-state index contributed by atoms with van der Waals surface area (Å²) in [4.78, 5) is 51.8. The van der Waals surface area contributed by atoms with Gasteiger partial charge in [0.25, 0.3) is 15.7 Å². The summed E-state index contributed by atoms with van der Waals surface area (Å²) < 4.78 is 56.1. The molecule has 0 spiro atoms. The summed E-state index contributed by atoms with van der Waals surface area (Å²) in [5, 5.41) is 8.74. The maximum atomic E-state index is 14.4. The van der Waals surface area contributed by atoms with Gasteiger partial charge >= 0.3 is 12.0 Å². The first-order chi connectivity index (χ1) is 24.4. The zero-order valence-electron chi connectivity index (χ0n) is 27.0. The molecule has 6 rings (SSSR count). The Labute approximate surface area is 289 Å². The number of nitrogens with one attached hydrogen (secondary N) is 3. The van der Waals surface area contributed by atoms with E-state index in [2.05, 4.69) is 44.1 Å². The number of ether oxygens (including phenoxy) is 1. The van der Waals surface area contributed by atoms with Gasteiger partial charge in [-0.15, -0.1) is 0 Å². The highest BCUT2D eigenvalue weighted by Gasteiger charge is 2.34. The number of ketones is 1. The molecule has 0 atom stereocenters. The molecule has 3 aromatic carbocycles. The first-order valence-corrected chi connectivity index (χ1v) is 16.6. The Hall–Kier alpha value is -6.52. The summed E-state index contributed by atoms with van der Waals surface area (Å²) in [6.45, 7) is 8.84. The molecule has 258 valence electrons. The van der Waals surface area contributed by atoms with Gasteiger partial charge in [-0.3, -0.25) is 14.1 Å². The van der Waals surface area contributed by atoms with Crippen molar-refractivity contribution < 1.29 is 31.7 Å². The highest BCUT2D eigenvalue weighted by molar-refractivity contribution is 7.86. The van der Waals surface area contributed by atoms with E-state index in [1.54, 1.807) is 37.3 Å². The molecule has 1 aliphatic rings. The zero-order valence-corrected chi connectivity index (χ0v) is 27.8. The number of pyridine rings is 1. The minimum absolute atomic E-state index is 0.00546. The van der Waals surface area contributed by atoms with Gasteiger partial charge < -0.3 is 25.3 Å². The van der Waals surface area contributed by atoms with Crippen LogP contribution in [0.3, 0.4) is 0 Å². The number of aromatic nitrogens is 4. The predicted octanol–water partition coefficient (Wildman–Crippen LogP) is 5.65. The number of allylic oxidation sites excluding steroid dienone is 3. The van der Waals surface area contributed by atoms with Crippen LogP contribution in [0, 0.1) is 6.08 Å². The number of anilines is 5. The molecule has 2 aromatic heterocycles. The quantitative estimate of drug-likeness (QED) is 0.0733. The number of nitrogens with zero attached hydrogens (tertiary/aromatic N) is 4. The normalized spacial score (nSPS) is 12.2. The molecule has 0 saturated carbocycles. The molecule has 2 heterocycles. The van der Waals surface area contributed by atoms with E-state index in [4.69, 9.17) is 4.74 Å². The second-order valence-corrected chi connectivity index (χ2v) is 12.4. The van der Waals surface area contributed by atoms with E-state index >= 15 is 0 Å². The number of rotatable bonds is 11. The minimum atomic E-state index is -4.85. The lowest BCUT2D eigenvalue weighted by Gasteiger charge is -2.25. The molecular weight excluding hydrogens is 681 g/mol. The highest BCUT2D eigenvalue weighted by atomic mass is 32.2. The van der Waals surface area contributed by atoms with Crippen molar-refractivity contribution in [3.63, 3.8) is 0 Å². The molecular formula is C35H28FN7O7S. The van der Waals surface area contributed by atoms with Crippen LogP contribution >= 0.6 is 0 Å². The fourth-order valence-corrected chi connectivity index (χ4v) is 6.38. The third kappa shape index (κ3) is 6.36. The molecule has 0 saturated heterocycles. The Morgan fingerprint density at radius 1 is 0.980 bits per heavy atom. The molecule has 0 aliphatic heterocycles. The van der Waals surface area contributed by atoms with E-state index in [-0.39, 0.29) is 63.2 Å². The van der Waals surface area contributed by atoms with Crippen molar-refractivity contribution in [1.82, 2.24) is 19.5 Å². The van der Waals surface area contributed by atoms with Crippen LogP contribution < -0.4 is 21.5 Å². The van der Waals surface area contributed by atoms with Gasteiger partial charge in [0.15, 0.2) is 5.78 Å². The van der Waals surface area contributed by atoms with E-state index < -0.39 is 38.4 Å². The molecule has 0 bridgehead atoms. The molecule has 5 aromatic rings. The minimum Gasteiger partial charge on any atom is -0.462 e.